The summed E-state index contributed by atoms with van der Waals surface area (Å²) in [5, 5.41) is 0. The first-order chi connectivity index (χ1) is 9.29. The van der Waals surface area contributed by atoms with Gasteiger partial charge in [-0.15, -0.1) is 0 Å². The highest BCUT2D eigenvalue weighted by Crippen LogP contribution is 2.37. The van der Waals surface area contributed by atoms with Gasteiger partial charge in [-0.1, -0.05) is 45.8 Å². The molecule has 0 amide bonds. The van der Waals surface area contributed by atoms with Crippen LogP contribution in [0, 0.1) is 12.7 Å². The van der Waals surface area contributed by atoms with E-state index in [0.717, 1.165) is 23.8 Å². The first-order valence-electron chi connectivity index (χ1n) is 5.86. The standard InChI is InChI=1S/C15H11BrF4/c1-9-2-4-10(5-3-9)14(16)12-8-11(15(18,19)20)6-7-13(12)17/h2-8,14H,1H3. The van der Waals surface area contributed by atoms with Gasteiger partial charge in [-0.2, -0.15) is 13.2 Å². The molecule has 0 aromatic heterocycles. The summed E-state index contributed by atoms with van der Waals surface area (Å²) in [6.45, 7) is 1.90. The van der Waals surface area contributed by atoms with Crippen LogP contribution >= 0.6 is 15.9 Å². The van der Waals surface area contributed by atoms with Gasteiger partial charge in [-0.05, 0) is 30.7 Å². The lowest BCUT2D eigenvalue weighted by molar-refractivity contribution is -0.137. The highest BCUT2D eigenvalue weighted by molar-refractivity contribution is 9.09. The Morgan fingerprint density at radius 3 is 2.15 bits per heavy atom. The van der Waals surface area contributed by atoms with Gasteiger partial charge in [0.1, 0.15) is 5.82 Å². The number of benzene rings is 2. The molecule has 2 aromatic carbocycles. The molecule has 0 aliphatic heterocycles. The van der Waals surface area contributed by atoms with Crippen molar-refractivity contribution >= 4 is 15.9 Å². The molecule has 20 heavy (non-hydrogen) atoms. The fourth-order valence-corrected chi connectivity index (χ4v) is 2.49. The highest BCUT2D eigenvalue weighted by Gasteiger charge is 2.31. The summed E-state index contributed by atoms with van der Waals surface area (Å²) in [6, 6.07) is 9.61. The second-order valence-electron chi connectivity index (χ2n) is 4.51. The maximum atomic E-state index is 13.8. The lowest BCUT2D eigenvalue weighted by Crippen LogP contribution is -2.07. The van der Waals surface area contributed by atoms with E-state index in [-0.39, 0.29) is 5.56 Å². The molecule has 0 bridgehead atoms. The molecule has 0 nitrogen and oxygen atoms in total. The molecule has 0 fully saturated rings. The smallest absolute Gasteiger partial charge is 0.207 e. The maximum Gasteiger partial charge on any atom is 0.416 e. The quantitative estimate of drug-likeness (QED) is 0.487. The number of alkyl halides is 4. The van der Waals surface area contributed by atoms with Crippen molar-refractivity contribution in [1.29, 1.82) is 0 Å². The minimum Gasteiger partial charge on any atom is -0.207 e. The fraction of sp³-hybridized carbons (Fsp3) is 0.200. The van der Waals surface area contributed by atoms with Crippen LogP contribution < -0.4 is 0 Å². The van der Waals surface area contributed by atoms with Crippen molar-refractivity contribution in [3.8, 4) is 0 Å². The topological polar surface area (TPSA) is 0 Å². The molecule has 0 saturated carbocycles. The Bertz CT molecular complexity index is 602. The summed E-state index contributed by atoms with van der Waals surface area (Å²) in [4.78, 5) is -0.620. The van der Waals surface area contributed by atoms with Crippen LogP contribution in [0.25, 0.3) is 0 Å². The lowest BCUT2D eigenvalue weighted by atomic mass is 10.0. The van der Waals surface area contributed by atoms with E-state index in [1.165, 1.54) is 0 Å². The number of hydrogen-bond donors (Lipinski definition) is 0. The zero-order valence-electron chi connectivity index (χ0n) is 10.5. The number of aryl methyl sites for hydroxylation is 1. The van der Waals surface area contributed by atoms with E-state index >= 15 is 0 Å². The lowest BCUT2D eigenvalue weighted by Gasteiger charge is -2.15. The van der Waals surface area contributed by atoms with Crippen LogP contribution in [0.3, 0.4) is 0 Å². The summed E-state index contributed by atoms with van der Waals surface area (Å²) >= 11 is 3.26. The molecule has 106 valence electrons. The van der Waals surface area contributed by atoms with Gasteiger partial charge >= 0.3 is 6.18 Å². The van der Waals surface area contributed by atoms with Gasteiger partial charge in [0, 0.05) is 5.56 Å². The SMILES string of the molecule is Cc1ccc(C(Br)c2cc(C(F)(F)F)ccc2F)cc1. The molecule has 1 unspecified atom stereocenters. The van der Waals surface area contributed by atoms with Crippen LogP contribution in [0.5, 0.6) is 0 Å². The number of hydrogen-bond acceptors (Lipinski definition) is 0. The summed E-state index contributed by atoms with van der Waals surface area (Å²) < 4.78 is 51.8. The van der Waals surface area contributed by atoms with Crippen molar-refractivity contribution < 1.29 is 17.6 Å². The molecule has 5 heteroatoms. The molecule has 2 rings (SSSR count). The van der Waals surface area contributed by atoms with Crippen LogP contribution in [0.4, 0.5) is 17.6 Å². The van der Waals surface area contributed by atoms with Gasteiger partial charge in [-0.25, -0.2) is 4.39 Å². The summed E-state index contributed by atoms with van der Waals surface area (Å²) in [5.41, 5.74) is 0.848. The first-order valence-corrected chi connectivity index (χ1v) is 6.78. The van der Waals surface area contributed by atoms with Gasteiger partial charge in [-0.3, -0.25) is 0 Å². The van der Waals surface area contributed by atoms with E-state index in [1.807, 2.05) is 19.1 Å². The summed E-state index contributed by atoms with van der Waals surface area (Å²) in [5.74, 6) is -0.666. The minimum absolute atomic E-state index is 0.0244. The third-order valence-corrected chi connectivity index (χ3v) is 3.99. The monoisotopic (exact) mass is 346 g/mol. The molecule has 1 atom stereocenters. The molecule has 0 radical (unpaired) electrons. The van der Waals surface area contributed by atoms with Crippen LogP contribution in [0.2, 0.25) is 0 Å². The maximum absolute atomic E-state index is 13.8. The molecular formula is C15H11BrF4. The Balaban J connectivity index is 2.43. The van der Waals surface area contributed by atoms with Crippen molar-refractivity contribution in [1.82, 2.24) is 0 Å². The zero-order chi connectivity index (χ0) is 14.9. The van der Waals surface area contributed by atoms with E-state index in [9.17, 15) is 17.6 Å². The molecule has 2 aromatic rings. The predicted octanol–water partition coefficient (Wildman–Crippen LogP) is 5.64. The van der Waals surface area contributed by atoms with E-state index in [4.69, 9.17) is 0 Å². The van der Waals surface area contributed by atoms with Gasteiger partial charge in [0.25, 0.3) is 0 Å². The molecule has 0 aliphatic carbocycles. The van der Waals surface area contributed by atoms with Crippen LogP contribution in [-0.2, 0) is 6.18 Å². The molecular weight excluding hydrogens is 336 g/mol. The zero-order valence-corrected chi connectivity index (χ0v) is 12.1. The average Bonchev–Trinajstić information content (AvgIpc) is 2.38. The minimum atomic E-state index is -4.48. The van der Waals surface area contributed by atoms with Crippen molar-refractivity contribution in [3.63, 3.8) is 0 Å². The third kappa shape index (κ3) is 3.20. The predicted molar refractivity (Wildman–Crippen MR) is 73.4 cm³/mol. The van der Waals surface area contributed by atoms with Gasteiger partial charge in [0.2, 0.25) is 0 Å². The largest absolute Gasteiger partial charge is 0.416 e. The van der Waals surface area contributed by atoms with E-state index < -0.39 is 22.4 Å². The molecule has 0 spiro atoms. The van der Waals surface area contributed by atoms with E-state index in [2.05, 4.69) is 15.9 Å². The van der Waals surface area contributed by atoms with Crippen molar-refractivity contribution in [3.05, 3.63) is 70.5 Å². The first kappa shape index (κ1) is 15.0. The van der Waals surface area contributed by atoms with Crippen LogP contribution in [0.1, 0.15) is 27.1 Å². The molecule has 0 saturated heterocycles. The van der Waals surface area contributed by atoms with Gasteiger partial charge in [0.15, 0.2) is 0 Å². The van der Waals surface area contributed by atoms with Crippen LogP contribution in [0.15, 0.2) is 42.5 Å². The molecule has 0 aliphatic rings. The van der Waals surface area contributed by atoms with Crippen LogP contribution in [-0.4, -0.2) is 0 Å². The molecule has 0 N–H and O–H groups in total. The third-order valence-electron chi connectivity index (χ3n) is 2.97. The Labute approximate surface area is 122 Å². The van der Waals surface area contributed by atoms with Crippen molar-refractivity contribution in [2.45, 2.75) is 17.9 Å². The fourth-order valence-electron chi connectivity index (χ4n) is 1.83. The van der Waals surface area contributed by atoms with Crippen molar-refractivity contribution in [2.24, 2.45) is 0 Å². The highest BCUT2D eigenvalue weighted by atomic mass is 79.9. The van der Waals surface area contributed by atoms with E-state index in [0.29, 0.717) is 5.56 Å². The van der Waals surface area contributed by atoms with E-state index in [1.54, 1.807) is 12.1 Å². The summed E-state index contributed by atoms with van der Waals surface area (Å²) in [7, 11) is 0. The Hall–Kier alpha value is -1.36. The normalized spacial score (nSPS) is 13.3. The van der Waals surface area contributed by atoms with Gasteiger partial charge in [0.05, 0.1) is 10.4 Å². The second kappa shape index (κ2) is 5.56. The molecule has 0 heterocycles. The second-order valence-corrected chi connectivity index (χ2v) is 5.42. The Morgan fingerprint density at radius 2 is 1.60 bits per heavy atom. The van der Waals surface area contributed by atoms with Gasteiger partial charge < -0.3 is 0 Å². The van der Waals surface area contributed by atoms with Crippen molar-refractivity contribution in [2.75, 3.05) is 0 Å². The Kier molecular flexibility index (Phi) is 4.18. The number of halogens is 5. The summed E-state index contributed by atoms with van der Waals surface area (Å²) in [6.07, 6.45) is -4.48. The number of rotatable bonds is 2. The Morgan fingerprint density at radius 1 is 1.00 bits per heavy atom. The average molecular weight is 347 g/mol.